The lowest BCUT2D eigenvalue weighted by Gasteiger charge is -2.21. The molecule has 1 aromatic heterocycles. The summed E-state index contributed by atoms with van der Waals surface area (Å²) in [5.74, 6) is 0.998. The van der Waals surface area contributed by atoms with E-state index in [1.54, 1.807) is 12.1 Å². The van der Waals surface area contributed by atoms with Crippen molar-refractivity contribution < 1.29 is 4.79 Å². The lowest BCUT2D eigenvalue weighted by atomic mass is 10.3. The Kier molecular flexibility index (Phi) is 4.68. The zero-order chi connectivity index (χ0) is 12.8. The van der Waals surface area contributed by atoms with Gasteiger partial charge in [-0.05, 0) is 32.9 Å². The third kappa shape index (κ3) is 4.26. The molecule has 1 aromatic rings. The van der Waals surface area contributed by atoms with Gasteiger partial charge in [-0.25, -0.2) is 0 Å². The molecule has 0 saturated heterocycles. The third-order valence-corrected chi connectivity index (χ3v) is 2.16. The topological polar surface area (TPSA) is 84.1 Å². The molecule has 1 rings (SSSR count). The summed E-state index contributed by atoms with van der Waals surface area (Å²) in [5.41, 5.74) is 5.46. The van der Waals surface area contributed by atoms with Gasteiger partial charge in [0.2, 0.25) is 5.91 Å². The number of nitrogen functional groups attached to an aromatic ring is 1. The molecule has 1 heterocycles. The molecule has 0 unspecified atom stereocenters. The van der Waals surface area contributed by atoms with Crippen molar-refractivity contribution in [1.29, 1.82) is 0 Å². The predicted molar refractivity (Wildman–Crippen MR) is 67.6 cm³/mol. The van der Waals surface area contributed by atoms with Gasteiger partial charge in [-0.3, -0.25) is 4.79 Å². The summed E-state index contributed by atoms with van der Waals surface area (Å²) < 4.78 is 0. The van der Waals surface area contributed by atoms with E-state index in [1.807, 2.05) is 25.7 Å². The Morgan fingerprint density at radius 3 is 2.65 bits per heavy atom. The number of hydrogen-bond acceptors (Lipinski definition) is 5. The summed E-state index contributed by atoms with van der Waals surface area (Å²) in [4.78, 5) is 13.5. The van der Waals surface area contributed by atoms with Crippen LogP contribution in [0.5, 0.6) is 0 Å². The number of likely N-dealkylation sites (N-methyl/N-ethyl adjacent to an activating group) is 1. The van der Waals surface area contributed by atoms with Gasteiger partial charge in [0.05, 0.1) is 6.54 Å². The van der Waals surface area contributed by atoms with Gasteiger partial charge in [-0.1, -0.05) is 0 Å². The maximum absolute atomic E-state index is 11.6. The van der Waals surface area contributed by atoms with E-state index in [2.05, 4.69) is 15.5 Å². The van der Waals surface area contributed by atoms with Gasteiger partial charge in [0, 0.05) is 12.6 Å². The number of carbonyl (C=O) groups is 1. The molecule has 3 N–H and O–H groups in total. The molecule has 1 amide bonds. The van der Waals surface area contributed by atoms with Crippen LogP contribution in [0.4, 0.5) is 11.6 Å². The van der Waals surface area contributed by atoms with Crippen molar-refractivity contribution in [2.24, 2.45) is 0 Å². The van der Waals surface area contributed by atoms with Crippen LogP contribution in [0, 0.1) is 0 Å². The first kappa shape index (κ1) is 13.2. The second-order valence-electron chi connectivity index (χ2n) is 4.05. The Bertz CT molecular complexity index is 363. The molecule has 0 aliphatic rings. The van der Waals surface area contributed by atoms with E-state index in [0.29, 0.717) is 18.2 Å². The molecule has 17 heavy (non-hydrogen) atoms. The van der Waals surface area contributed by atoms with Gasteiger partial charge in [-0.15, -0.1) is 10.2 Å². The number of aromatic nitrogens is 2. The summed E-state index contributed by atoms with van der Waals surface area (Å²) in [6, 6.07) is 3.57. The van der Waals surface area contributed by atoms with Crippen molar-refractivity contribution in [3.8, 4) is 0 Å². The largest absolute Gasteiger partial charge is 0.382 e. The van der Waals surface area contributed by atoms with Crippen LogP contribution >= 0.6 is 0 Å². The highest BCUT2D eigenvalue weighted by Gasteiger charge is 2.11. The zero-order valence-corrected chi connectivity index (χ0v) is 10.5. The molecule has 94 valence electrons. The summed E-state index contributed by atoms with van der Waals surface area (Å²) in [6.45, 7) is 6.77. The lowest BCUT2D eigenvalue weighted by molar-refractivity contribution is -0.120. The van der Waals surface area contributed by atoms with E-state index in [-0.39, 0.29) is 18.5 Å². The van der Waals surface area contributed by atoms with Gasteiger partial charge in [0.25, 0.3) is 0 Å². The van der Waals surface area contributed by atoms with Crippen LogP contribution in [0.3, 0.4) is 0 Å². The first-order valence-corrected chi connectivity index (χ1v) is 5.66. The van der Waals surface area contributed by atoms with Crippen molar-refractivity contribution in [1.82, 2.24) is 15.5 Å². The minimum absolute atomic E-state index is 0.0273. The third-order valence-electron chi connectivity index (χ3n) is 2.16. The van der Waals surface area contributed by atoms with E-state index in [4.69, 9.17) is 5.73 Å². The van der Waals surface area contributed by atoms with Crippen LogP contribution in [0.25, 0.3) is 0 Å². The molecular formula is C11H19N5O. The van der Waals surface area contributed by atoms with Gasteiger partial charge in [-0.2, -0.15) is 0 Å². The maximum Gasteiger partial charge on any atom is 0.239 e. The fraction of sp³-hybridized carbons (Fsp3) is 0.545. The van der Waals surface area contributed by atoms with Crippen LogP contribution < -0.4 is 16.0 Å². The minimum Gasteiger partial charge on any atom is -0.382 e. The monoisotopic (exact) mass is 237 g/mol. The smallest absolute Gasteiger partial charge is 0.239 e. The molecule has 0 bridgehead atoms. The van der Waals surface area contributed by atoms with Crippen LogP contribution in [0.2, 0.25) is 0 Å². The zero-order valence-electron chi connectivity index (χ0n) is 10.5. The molecule has 6 nitrogen and oxygen atoms in total. The Morgan fingerprint density at radius 1 is 1.47 bits per heavy atom. The van der Waals surface area contributed by atoms with Crippen LogP contribution in [0.1, 0.15) is 20.8 Å². The van der Waals surface area contributed by atoms with E-state index < -0.39 is 0 Å². The highest BCUT2D eigenvalue weighted by atomic mass is 16.2. The first-order chi connectivity index (χ1) is 8.02. The van der Waals surface area contributed by atoms with Gasteiger partial charge >= 0.3 is 0 Å². The molecule has 0 aliphatic carbocycles. The predicted octanol–water partition coefficient (Wildman–Crippen LogP) is 0.410. The molecule has 0 spiro atoms. The van der Waals surface area contributed by atoms with Crippen LogP contribution in [-0.2, 0) is 4.79 Å². The Morgan fingerprint density at radius 2 is 2.18 bits per heavy atom. The highest BCUT2D eigenvalue weighted by Crippen LogP contribution is 2.09. The van der Waals surface area contributed by atoms with Crippen LogP contribution in [0.15, 0.2) is 12.1 Å². The Labute approximate surface area is 101 Å². The van der Waals surface area contributed by atoms with E-state index in [9.17, 15) is 4.79 Å². The summed E-state index contributed by atoms with van der Waals surface area (Å²) in [5, 5.41) is 10.6. The minimum atomic E-state index is -0.0273. The van der Waals surface area contributed by atoms with Crippen molar-refractivity contribution in [3.63, 3.8) is 0 Å². The van der Waals surface area contributed by atoms with Crippen molar-refractivity contribution >= 4 is 17.5 Å². The van der Waals surface area contributed by atoms with Crippen LogP contribution in [-0.4, -0.2) is 35.2 Å². The average Bonchev–Trinajstić information content (AvgIpc) is 2.26. The number of hydrogen-bond donors (Lipinski definition) is 2. The quantitative estimate of drug-likeness (QED) is 0.775. The molecule has 0 fully saturated rings. The second-order valence-corrected chi connectivity index (χ2v) is 4.05. The number of rotatable bonds is 5. The fourth-order valence-corrected chi connectivity index (χ4v) is 1.40. The second kappa shape index (κ2) is 6.03. The Hall–Kier alpha value is -1.85. The number of anilines is 2. The van der Waals surface area contributed by atoms with Gasteiger partial charge in [0.1, 0.15) is 5.82 Å². The first-order valence-electron chi connectivity index (χ1n) is 5.66. The summed E-state index contributed by atoms with van der Waals surface area (Å²) in [7, 11) is 0. The van der Waals surface area contributed by atoms with Crippen molar-refractivity contribution in [2.45, 2.75) is 26.8 Å². The Balaban J connectivity index is 2.65. The molecule has 0 radical (unpaired) electrons. The number of carbonyl (C=O) groups excluding carboxylic acids is 1. The number of nitrogens with two attached hydrogens (primary N) is 1. The normalized spacial score (nSPS) is 10.4. The lowest BCUT2D eigenvalue weighted by Crippen LogP contribution is -2.40. The number of nitrogens with one attached hydrogen (secondary N) is 1. The van der Waals surface area contributed by atoms with E-state index in [1.165, 1.54) is 0 Å². The molecule has 0 atom stereocenters. The number of nitrogens with zero attached hydrogens (tertiary/aromatic N) is 3. The molecular weight excluding hydrogens is 218 g/mol. The van der Waals surface area contributed by atoms with Crippen molar-refractivity contribution in [3.05, 3.63) is 12.1 Å². The molecule has 0 aliphatic heterocycles. The van der Waals surface area contributed by atoms with Gasteiger partial charge < -0.3 is 16.0 Å². The van der Waals surface area contributed by atoms with Gasteiger partial charge in [0.15, 0.2) is 5.82 Å². The molecule has 0 saturated carbocycles. The SMILES string of the molecule is CCN(CC(=O)NC(C)C)c1ccc(N)nn1. The van der Waals surface area contributed by atoms with E-state index in [0.717, 1.165) is 0 Å². The molecule has 6 heteroatoms. The molecule has 0 aromatic carbocycles. The standard InChI is InChI=1S/C11H19N5O/c1-4-16(7-11(17)13-8(2)3)10-6-5-9(12)14-15-10/h5-6,8H,4,7H2,1-3H3,(H2,12,14)(H,13,17). The maximum atomic E-state index is 11.6. The summed E-state index contributed by atoms with van der Waals surface area (Å²) in [6.07, 6.45) is 0. The number of amides is 1. The van der Waals surface area contributed by atoms with Crippen molar-refractivity contribution in [2.75, 3.05) is 23.7 Å². The van der Waals surface area contributed by atoms with E-state index >= 15 is 0 Å². The average molecular weight is 237 g/mol. The summed E-state index contributed by atoms with van der Waals surface area (Å²) >= 11 is 0. The highest BCUT2D eigenvalue weighted by molar-refractivity contribution is 5.81. The fourth-order valence-electron chi connectivity index (χ4n) is 1.40.